The summed E-state index contributed by atoms with van der Waals surface area (Å²) in [5.74, 6) is -1.06. The lowest BCUT2D eigenvalue weighted by atomic mass is 10.3. The van der Waals surface area contributed by atoms with Gasteiger partial charge >= 0.3 is 5.97 Å². The fourth-order valence-corrected chi connectivity index (χ4v) is 1.53. The van der Waals surface area contributed by atoms with E-state index in [4.69, 9.17) is 9.84 Å². The summed E-state index contributed by atoms with van der Waals surface area (Å²) >= 11 is 0. The first kappa shape index (κ1) is 13.0. The fraction of sp³-hybridized carbons (Fsp3) is 0.250. The van der Waals surface area contributed by atoms with E-state index in [1.807, 2.05) is 6.20 Å². The zero-order valence-corrected chi connectivity index (χ0v) is 10.4. The van der Waals surface area contributed by atoms with E-state index in [0.717, 1.165) is 5.69 Å². The van der Waals surface area contributed by atoms with E-state index in [1.54, 1.807) is 24.1 Å². The number of carboxylic acids is 1. The molecule has 0 saturated heterocycles. The second-order valence-electron chi connectivity index (χ2n) is 3.84. The van der Waals surface area contributed by atoms with E-state index in [-0.39, 0.29) is 5.69 Å². The summed E-state index contributed by atoms with van der Waals surface area (Å²) in [5.41, 5.74) is 1.43. The maximum atomic E-state index is 10.8. The average Bonchev–Trinajstić information content (AvgIpc) is 2.84. The third-order valence-electron chi connectivity index (χ3n) is 2.43. The quantitative estimate of drug-likeness (QED) is 0.817. The van der Waals surface area contributed by atoms with E-state index in [1.165, 1.54) is 12.3 Å². The van der Waals surface area contributed by atoms with Gasteiger partial charge in [-0.2, -0.15) is 5.10 Å². The van der Waals surface area contributed by atoms with Crippen LogP contribution < -0.4 is 5.32 Å². The number of methoxy groups -OCH3 is 1. The number of carboxylic acid groups (broad SMARTS) is 1. The number of carbonyl (C=O) groups is 1. The first-order valence-electron chi connectivity index (χ1n) is 5.67. The molecule has 0 radical (unpaired) electrons. The lowest BCUT2D eigenvalue weighted by Crippen LogP contribution is -2.04. The molecule has 0 fully saturated rings. The first-order chi connectivity index (χ1) is 9.19. The Hall–Kier alpha value is -2.41. The number of nitrogens with one attached hydrogen (secondary N) is 1. The van der Waals surface area contributed by atoms with Gasteiger partial charge in [-0.25, -0.2) is 9.78 Å². The van der Waals surface area contributed by atoms with Crippen LogP contribution in [0.3, 0.4) is 0 Å². The Balaban J connectivity index is 2.06. The predicted molar refractivity (Wildman–Crippen MR) is 68.6 cm³/mol. The maximum Gasteiger partial charge on any atom is 0.354 e. The Morgan fingerprint density at radius 2 is 2.37 bits per heavy atom. The fourth-order valence-electron chi connectivity index (χ4n) is 1.53. The molecule has 2 aromatic heterocycles. The largest absolute Gasteiger partial charge is 0.477 e. The van der Waals surface area contributed by atoms with E-state index in [2.05, 4.69) is 15.4 Å². The molecule has 0 bridgehead atoms. The third kappa shape index (κ3) is 3.52. The molecular weight excluding hydrogens is 248 g/mol. The highest BCUT2D eigenvalue weighted by Crippen LogP contribution is 2.15. The van der Waals surface area contributed by atoms with Crippen molar-refractivity contribution in [1.29, 1.82) is 0 Å². The Morgan fingerprint density at radius 1 is 1.53 bits per heavy atom. The van der Waals surface area contributed by atoms with E-state index in [9.17, 15) is 4.79 Å². The van der Waals surface area contributed by atoms with Crippen molar-refractivity contribution in [3.63, 3.8) is 0 Å². The number of ether oxygens (including phenoxy) is 1. The molecule has 0 aliphatic heterocycles. The molecule has 7 nitrogen and oxygen atoms in total. The lowest BCUT2D eigenvalue weighted by Gasteiger charge is -2.03. The van der Waals surface area contributed by atoms with Crippen LogP contribution in [0, 0.1) is 0 Å². The highest BCUT2D eigenvalue weighted by molar-refractivity contribution is 5.86. The molecule has 2 N–H and O–H groups in total. The highest BCUT2D eigenvalue weighted by atomic mass is 16.5. The molecule has 0 aromatic carbocycles. The standard InChI is InChI=1S/C12H14N4O3/c1-19-5-4-16-8-10(7-14-16)15-9-2-3-13-11(6-9)12(17)18/h2-3,6-8H,4-5H2,1H3,(H,13,15)(H,17,18). The Morgan fingerprint density at radius 3 is 3.11 bits per heavy atom. The molecule has 100 valence electrons. The predicted octanol–water partition coefficient (Wildman–Crippen LogP) is 1.37. The average molecular weight is 262 g/mol. The van der Waals surface area contributed by atoms with Crippen LogP contribution in [-0.2, 0) is 11.3 Å². The molecular formula is C12H14N4O3. The van der Waals surface area contributed by atoms with Gasteiger partial charge in [0.1, 0.15) is 5.69 Å². The summed E-state index contributed by atoms with van der Waals surface area (Å²) in [7, 11) is 1.63. The van der Waals surface area contributed by atoms with Gasteiger partial charge in [0.2, 0.25) is 0 Å². The zero-order chi connectivity index (χ0) is 13.7. The van der Waals surface area contributed by atoms with Crippen LogP contribution in [0.4, 0.5) is 11.4 Å². The lowest BCUT2D eigenvalue weighted by molar-refractivity contribution is 0.0690. The van der Waals surface area contributed by atoms with Gasteiger partial charge in [0.25, 0.3) is 0 Å². The van der Waals surface area contributed by atoms with E-state index >= 15 is 0 Å². The van der Waals surface area contributed by atoms with Crippen LogP contribution >= 0.6 is 0 Å². The number of rotatable bonds is 6. The normalized spacial score (nSPS) is 10.4. The number of hydrogen-bond donors (Lipinski definition) is 2. The van der Waals surface area contributed by atoms with Crippen LogP contribution in [0.25, 0.3) is 0 Å². The molecule has 0 amide bonds. The van der Waals surface area contributed by atoms with Crippen molar-refractivity contribution in [2.45, 2.75) is 6.54 Å². The van der Waals surface area contributed by atoms with E-state index in [0.29, 0.717) is 18.8 Å². The Labute approximate surface area is 109 Å². The SMILES string of the molecule is COCCn1cc(Nc2ccnc(C(=O)O)c2)cn1. The van der Waals surface area contributed by atoms with Crippen LogP contribution in [0.5, 0.6) is 0 Å². The molecule has 0 aliphatic rings. The van der Waals surface area contributed by atoms with Crippen molar-refractivity contribution >= 4 is 17.3 Å². The summed E-state index contributed by atoms with van der Waals surface area (Å²) in [6.45, 7) is 1.24. The van der Waals surface area contributed by atoms with Gasteiger partial charge in [0.15, 0.2) is 0 Å². The van der Waals surface area contributed by atoms with Gasteiger partial charge in [-0.1, -0.05) is 0 Å². The summed E-state index contributed by atoms with van der Waals surface area (Å²) in [5, 5.41) is 16.1. The van der Waals surface area contributed by atoms with Gasteiger partial charge < -0.3 is 15.2 Å². The molecule has 2 rings (SSSR count). The van der Waals surface area contributed by atoms with Crippen molar-refractivity contribution in [2.24, 2.45) is 0 Å². The molecule has 7 heteroatoms. The van der Waals surface area contributed by atoms with Crippen LogP contribution in [0.2, 0.25) is 0 Å². The third-order valence-corrected chi connectivity index (χ3v) is 2.43. The van der Waals surface area contributed by atoms with Crippen molar-refractivity contribution in [3.05, 3.63) is 36.4 Å². The highest BCUT2D eigenvalue weighted by Gasteiger charge is 2.05. The van der Waals surface area contributed by atoms with Crippen LogP contribution in [-0.4, -0.2) is 39.6 Å². The molecule has 0 aliphatic carbocycles. The molecule has 0 unspecified atom stereocenters. The zero-order valence-electron chi connectivity index (χ0n) is 10.4. The minimum absolute atomic E-state index is 0.00299. The first-order valence-corrected chi connectivity index (χ1v) is 5.67. The van der Waals surface area contributed by atoms with Crippen molar-refractivity contribution < 1.29 is 14.6 Å². The van der Waals surface area contributed by atoms with Crippen molar-refractivity contribution in [2.75, 3.05) is 19.0 Å². The van der Waals surface area contributed by atoms with Crippen molar-refractivity contribution in [3.8, 4) is 0 Å². The maximum absolute atomic E-state index is 10.8. The topological polar surface area (TPSA) is 89.3 Å². The molecule has 0 saturated carbocycles. The second kappa shape index (κ2) is 5.96. The summed E-state index contributed by atoms with van der Waals surface area (Å²) in [6.07, 6.45) is 4.93. The number of nitrogens with zero attached hydrogens (tertiary/aromatic N) is 3. The molecule has 19 heavy (non-hydrogen) atoms. The molecule has 0 atom stereocenters. The molecule has 2 heterocycles. The molecule has 0 spiro atoms. The minimum atomic E-state index is -1.06. The Bertz CT molecular complexity index is 568. The van der Waals surface area contributed by atoms with Crippen LogP contribution in [0.1, 0.15) is 10.5 Å². The summed E-state index contributed by atoms with van der Waals surface area (Å²) in [6, 6.07) is 3.16. The van der Waals surface area contributed by atoms with Gasteiger partial charge in [-0.15, -0.1) is 0 Å². The molecule has 2 aromatic rings. The van der Waals surface area contributed by atoms with Gasteiger partial charge in [-0.3, -0.25) is 4.68 Å². The number of anilines is 2. The van der Waals surface area contributed by atoms with Gasteiger partial charge in [0.05, 0.1) is 25.0 Å². The monoisotopic (exact) mass is 262 g/mol. The van der Waals surface area contributed by atoms with Crippen molar-refractivity contribution in [1.82, 2.24) is 14.8 Å². The van der Waals surface area contributed by atoms with Crippen LogP contribution in [0.15, 0.2) is 30.7 Å². The number of aromatic nitrogens is 3. The number of pyridine rings is 1. The minimum Gasteiger partial charge on any atom is -0.477 e. The van der Waals surface area contributed by atoms with Gasteiger partial charge in [-0.05, 0) is 12.1 Å². The van der Waals surface area contributed by atoms with E-state index < -0.39 is 5.97 Å². The smallest absolute Gasteiger partial charge is 0.354 e. The van der Waals surface area contributed by atoms with Gasteiger partial charge in [0, 0.05) is 25.2 Å². The number of aromatic carboxylic acids is 1. The Kier molecular flexibility index (Phi) is 4.09. The number of hydrogen-bond acceptors (Lipinski definition) is 5. The second-order valence-corrected chi connectivity index (χ2v) is 3.84. The summed E-state index contributed by atoms with van der Waals surface area (Å²) < 4.78 is 6.70. The summed E-state index contributed by atoms with van der Waals surface area (Å²) in [4.78, 5) is 14.6.